The molecule has 0 bridgehead atoms. The van der Waals surface area contributed by atoms with Crippen molar-refractivity contribution >= 4 is 99.0 Å². The Kier molecular flexibility index (Phi) is 8.77. The van der Waals surface area contributed by atoms with Gasteiger partial charge in [0.2, 0.25) is 0 Å². The van der Waals surface area contributed by atoms with E-state index in [1.54, 1.807) is 36.4 Å². The van der Waals surface area contributed by atoms with Gasteiger partial charge in [0.25, 0.3) is 17.7 Å². The number of carbonyl (C=O) groups is 4. The first kappa shape index (κ1) is 28.5. The van der Waals surface area contributed by atoms with E-state index < -0.39 is 36.3 Å². The first-order valence-electron chi connectivity index (χ1n) is 10.7. The van der Waals surface area contributed by atoms with Crippen LogP contribution in [0.5, 0.6) is 0 Å². The third-order valence-electron chi connectivity index (χ3n) is 5.56. The summed E-state index contributed by atoms with van der Waals surface area (Å²) in [6.45, 7) is -0.741. The predicted octanol–water partition coefficient (Wildman–Crippen LogP) is 7.00. The Labute approximate surface area is 246 Å². The number of hydrogen-bond donors (Lipinski definition) is 1. The molecular weight excluding hydrogens is 621 g/mol. The quantitative estimate of drug-likeness (QED) is 0.131. The summed E-state index contributed by atoms with van der Waals surface area (Å²) in [7, 11) is 0. The van der Waals surface area contributed by atoms with Gasteiger partial charge < -0.3 is 10.1 Å². The summed E-state index contributed by atoms with van der Waals surface area (Å²) in [5, 5.41) is 1.83. The third-order valence-corrected chi connectivity index (χ3v) is 8.18. The van der Waals surface area contributed by atoms with Crippen molar-refractivity contribution in [3.05, 3.63) is 95.4 Å². The van der Waals surface area contributed by atoms with Crippen LogP contribution in [0.25, 0.3) is 0 Å². The van der Waals surface area contributed by atoms with Gasteiger partial charge in [-0.15, -0.1) is 0 Å². The summed E-state index contributed by atoms with van der Waals surface area (Å²) in [6.07, 6.45) is -0.121. The second-order valence-corrected chi connectivity index (χ2v) is 10.2. The van der Waals surface area contributed by atoms with Crippen molar-refractivity contribution in [2.24, 2.45) is 0 Å². The van der Waals surface area contributed by atoms with Gasteiger partial charge in [-0.25, -0.2) is 4.79 Å². The Morgan fingerprint density at radius 2 is 1.34 bits per heavy atom. The van der Waals surface area contributed by atoms with E-state index in [1.165, 1.54) is 12.1 Å². The van der Waals surface area contributed by atoms with Gasteiger partial charge in [0.15, 0.2) is 6.61 Å². The van der Waals surface area contributed by atoms with Crippen LogP contribution in [0.4, 0.5) is 5.69 Å². The van der Waals surface area contributed by atoms with Gasteiger partial charge in [-0.1, -0.05) is 106 Å². The second kappa shape index (κ2) is 11.7. The molecule has 3 aromatic carbocycles. The highest BCUT2D eigenvalue weighted by Crippen LogP contribution is 2.45. The molecule has 0 unspecified atom stereocenters. The number of esters is 1. The highest BCUT2D eigenvalue weighted by molar-refractivity contribution is 6.55. The monoisotopic (exact) mass is 632 g/mol. The van der Waals surface area contributed by atoms with Crippen LogP contribution in [0.1, 0.15) is 26.3 Å². The largest absolute Gasteiger partial charge is 0.454 e. The number of ether oxygens (including phenoxy) is 1. The number of nitrogens with one attached hydrogen (secondary N) is 1. The lowest BCUT2D eigenvalue weighted by Crippen LogP contribution is -2.47. The highest BCUT2D eigenvalue weighted by atomic mass is 35.5. The van der Waals surface area contributed by atoms with Crippen LogP contribution in [0.3, 0.4) is 0 Å². The molecule has 0 fully saturated rings. The first-order chi connectivity index (χ1) is 18.0. The second-order valence-electron chi connectivity index (χ2n) is 7.95. The van der Waals surface area contributed by atoms with E-state index in [0.29, 0.717) is 10.5 Å². The Hall–Kier alpha value is -2.52. The van der Waals surface area contributed by atoms with Crippen LogP contribution in [-0.4, -0.2) is 41.2 Å². The van der Waals surface area contributed by atoms with E-state index in [0.717, 1.165) is 0 Å². The van der Waals surface area contributed by atoms with Gasteiger partial charge in [0.05, 0.1) is 47.0 Å². The van der Waals surface area contributed by atoms with E-state index in [4.69, 9.17) is 74.3 Å². The van der Waals surface area contributed by atoms with Crippen molar-refractivity contribution in [2.45, 2.75) is 12.5 Å². The normalized spacial score (nSPS) is 13.4. The van der Waals surface area contributed by atoms with E-state index in [1.807, 2.05) is 0 Å². The van der Waals surface area contributed by atoms with E-state index in [2.05, 4.69) is 5.32 Å². The van der Waals surface area contributed by atoms with Crippen LogP contribution in [0.15, 0.2) is 48.5 Å². The Balaban J connectivity index is 1.61. The van der Waals surface area contributed by atoms with Crippen molar-refractivity contribution in [1.29, 1.82) is 0 Å². The zero-order valence-electron chi connectivity index (χ0n) is 18.9. The molecule has 0 saturated carbocycles. The number of benzene rings is 3. The molecule has 0 spiro atoms. The molecule has 0 aromatic heterocycles. The van der Waals surface area contributed by atoms with Gasteiger partial charge in [-0.05, 0) is 17.7 Å². The van der Waals surface area contributed by atoms with Crippen molar-refractivity contribution in [3.63, 3.8) is 0 Å². The fourth-order valence-electron chi connectivity index (χ4n) is 3.79. The Bertz CT molecular complexity index is 1430. The molecule has 3 aromatic rings. The lowest BCUT2D eigenvalue weighted by atomic mass is 10.0. The Morgan fingerprint density at radius 3 is 1.92 bits per heavy atom. The van der Waals surface area contributed by atoms with Gasteiger partial charge in [-0.2, -0.15) is 0 Å². The van der Waals surface area contributed by atoms with Gasteiger partial charge in [0, 0.05) is 6.42 Å². The zero-order valence-corrected chi connectivity index (χ0v) is 23.4. The molecule has 0 radical (unpaired) electrons. The molecule has 196 valence electrons. The number of rotatable bonds is 7. The number of nitrogens with zero attached hydrogens (tertiary/aromatic N) is 1. The maximum atomic E-state index is 13.4. The lowest BCUT2D eigenvalue weighted by Gasteiger charge is -2.24. The molecule has 1 N–H and O–H groups in total. The first-order valence-corrected chi connectivity index (χ1v) is 13.0. The van der Waals surface area contributed by atoms with Crippen molar-refractivity contribution < 1.29 is 23.9 Å². The molecule has 0 saturated heterocycles. The third kappa shape index (κ3) is 5.45. The molecule has 13 heteroatoms. The molecule has 3 amide bonds. The number of fused-ring (bicyclic) bond motifs is 1. The van der Waals surface area contributed by atoms with Crippen molar-refractivity contribution in [1.82, 2.24) is 4.90 Å². The molecule has 0 aliphatic carbocycles. The molecular formula is C25H14Cl6N2O5. The van der Waals surface area contributed by atoms with Crippen LogP contribution in [0, 0.1) is 0 Å². The molecule has 7 nitrogen and oxygen atoms in total. The van der Waals surface area contributed by atoms with E-state index >= 15 is 0 Å². The van der Waals surface area contributed by atoms with Crippen LogP contribution < -0.4 is 5.32 Å². The average Bonchev–Trinajstić information content (AvgIpc) is 3.16. The number of anilines is 1. The average molecular weight is 635 g/mol. The molecule has 1 aliphatic heterocycles. The summed E-state index contributed by atoms with van der Waals surface area (Å²) in [5.41, 5.74) is 0.249. The fraction of sp³-hybridized carbons (Fsp3) is 0.120. The SMILES string of the molecule is O=C(COC(=O)[C@@H](Cc1ccccc1)N1C(=O)c2c(Cl)c(Cl)c(Cl)c(Cl)c2C1=O)Nc1cccc(Cl)c1Cl. The number of halogens is 6. The summed E-state index contributed by atoms with van der Waals surface area (Å²) < 4.78 is 5.21. The van der Waals surface area contributed by atoms with Crippen molar-refractivity contribution in [3.8, 4) is 0 Å². The molecule has 1 atom stereocenters. The maximum Gasteiger partial charge on any atom is 0.330 e. The predicted molar refractivity (Wildman–Crippen MR) is 147 cm³/mol. The summed E-state index contributed by atoms with van der Waals surface area (Å²) in [5.74, 6) is -3.58. The molecule has 38 heavy (non-hydrogen) atoms. The smallest absolute Gasteiger partial charge is 0.330 e. The zero-order chi connectivity index (χ0) is 27.7. The Morgan fingerprint density at radius 1 is 0.763 bits per heavy atom. The van der Waals surface area contributed by atoms with Crippen LogP contribution in [-0.2, 0) is 20.7 Å². The molecule has 1 aliphatic rings. The minimum absolute atomic E-state index is 0.105. The topological polar surface area (TPSA) is 92.8 Å². The number of carbonyl (C=O) groups excluding carboxylic acids is 4. The summed E-state index contributed by atoms with van der Waals surface area (Å²) in [4.78, 5) is 53.1. The van der Waals surface area contributed by atoms with Crippen LogP contribution in [0.2, 0.25) is 30.1 Å². The van der Waals surface area contributed by atoms with Gasteiger partial charge >= 0.3 is 5.97 Å². The summed E-state index contributed by atoms with van der Waals surface area (Å²) >= 11 is 36.6. The standard InChI is InChI=1S/C25H14Cl6N2O5/c26-12-7-4-8-13(18(12)27)32-15(34)10-38-25(37)14(9-11-5-2-1-3-6-11)33-23(35)16-17(24(33)36)20(29)22(31)21(30)19(16)28/h1-8,14H,9-10H2,(H,32,34)/t14-/m1/s1. The van der Waals surface area contributed by atoms with E-state index in [-0.39, 0.29) is 53.4 Å². The number of hydrogen-bond acceptors (Lipinski definition) is 5. The number of amides is 3. The van der Waals surface area contributed by atoms with Crippen LogP contribution >= 0.6 is 69.6 Å². The maximum absolute atomic E-state index is 13.4. The fourth-order valence-corrected chi connectivity index (χ4v) is 5.15. The van der Waals surface area contributed by atoms with Crippen molar-refractivity contribution in [2.75, 3.05) is 11.9 Å². The van der Waals surface area contributed by atoms with E-state index in [9.17, 15) is 19.2 Å². The lowest BCUT2D eigenvalue weighted by molar-refractivity contribution is -0.151. The minimum Gasteiger partial charge on any atom is -0.454 e. The minimum atomic E-state index is -1.47. The highest BCUT2D eigenvalue weighted by Gasteiger charge is 2.47. The van der Waals surface area contributed by atoms with Gasteiger partial charge in [-0.3, -0.25) is 19.3 Å². The van der Waals surface area contributed by atoms with Gasteiger partial charge in [0.1, 0.15) is 6.04 Å². The molecule has 1 heterocycles. The molecule has 4 rings (SSSR count). The number of imide groups is 1. The summed E-state index contributed by atoms with van der Waals surface area (Å²) in [6, 6.07) is 11.7.